The summed E-state index contributed by atoms with van der Waals surface area (Å²) in [7, 11) is 0. The molecule has 2 nitrogen and oxygen atoms in total. The minimum Gasteiger partial charge on any atom is -0.396 e. The molecule has 0 aromatic heterocycles. The van der Waals surface area contributed by atoms with Gasteiger partial charge in [0, 0.05) is 18.4 Å². The van der Waals surface area contributed by atoms with Crippen molar-refractivity contribution in [2.45, 2.75) is 106 Å². The molecule has 8 atom stereocenters. The Labute approximate surface area is 191 Å². The maximum Gasteiger partial charge on any atom is 0.142 e. The molecule has 0 aliphatic heterocycles. The largest absolute Gasteiger partial charge is 0.396 e. The monoisotopic (exact) mass is 428 g/mol. The number of carbonyl (C=O) groups excluding carboxylic acids is 1. The summed E-state index contributed by atoms with van der Waals surface area (Å²) in [5, 5.41) is 9.34. The van der Waals surface area contributed by atoms with E-state index in [0.29, 0.717) is 23.7 Å². The summed E-state index contributed by atoms with van der Waals surface area (Å²) in [4.78, 5) is 12.7. The first-order chi connectivity index (χ1) is 14.6. The summed E-state index contributed by atoms with van der Waals surface area (Å²) in [5.41, 5.74) is 1.98. The van der Waals surface area contributed by atoms with Crippen molar-refractivity contribution in [3.05, 3.63) is 11.6 Å². The zero-order valence-electron chi connectivity index (χ0n) is 21.2. The number of Topliss-reactive ketones (excluding diaryl/α,β-unsaturated/α-hetero) is 1. The number of hydrogen-bond donors (Lipinski definition) is 1. The zero-order chi connectivity index (χ0) is 22.6. The second-order valence-electron chi connectivity index (χ2n) is 13.1. The molecule has 2 heteroatoms. The molecule has 176 valence electrons. The molecule has 3 fully saturated rings. The summed E-state index contributed by atoms with van der Waals surface area (Å²) in [6, 6.07) is 0. The molecule has 3 saturated carbocycles. The van der Waals surface area contributed by atoms with Crippen LogP contribution in [-0.4, -0.2) is 17.5 Å². The van der Waals surface area contributed by atoms with Gasteiger partial charge in [0.05, 0.1) is 0 Å². The van der Waals surface area contributed by atoms with E-state index in [4.69, 9.17) is 0 Å². The van der Waals surface area contributed by atoms with Crippen molar-refractivity contribution >= 4 is 5.78 Å². The summed E-state index contributed by atoms with van der Waals surface area (Å²) >= 11 is 0. The second-order valence-corrected chi connectivity index (χ2v) is 13.1. The quantitative estimate of drug-likeness (QED) is 0.454. The molecule has 4 rings (SSSR count). The van der Waals surface area contributed by atoms with Crippen molar-refractivity contribution in [2.75, 3.05) is 6.61 Å². The van der Waals surface area contributed by atoms with Crippen molar-refractivity contribution in [1.29, 1.82) is 0 Å². The molecule has 0 spiro atoms. The number of carbonyl (C=O) groups is 1. The smallest absolute Gasteiger partial charge is 0.142 e. The fraction of sp³-hybridized carbons (Fsp3) is 0.897. The number of rotatable bonds is 6. The normalized spacial score (nSPS) is 43.5. The van der Waals surface area contributed by atoms with Crippen LogP contribution in [0.4, 0.5) is 0 Å². The molecule has 0 heterocycles. The second kappa shape index (κ2) is 8.30. The molecule has 1 unspecified atom stereocenters. The van der Waals surface area contributed by atoms with Crippen LogP contribution in [0.3, 0.4) is 0 Å². The van der Waals surface area contributed by atoms with E-state index in [-0.39, 0.29) is 10.8 Å². The molecule has 4 aliphatic rings. The first kappa shape index (κ1) is 23.5. The van der Waals surface area contributed by atoms with Gasteiger partial charge in [-0.1, -0.05) is 52.2 Å². The highest BCUT2D eigenvalue weighted by molar-refractivity contribution is 5.89. The molecule has 0 bridgehead atoms. The first-order valence-electron chi connectivity index (χ1n) is 13.4. The molecule has 0 aromatic carbocycles. The molecular formula is C29H48O2. The summed E-state index contributed by atoms with van der Waals surface area (Å²) in [6.45, 7) is 14.6. The van der Waals surface area contributed by atoms with E-state index in [9.17, 15) is 9.90 Å². The zero-order valence-corrected chi connectivity index (χ0v) is 21.2. The van der Waals surface area contributed by atoms with Gasteiger partial charge in [0.15, 0.2) is 0 Å². The fourth-order valence-electron chi connectivity index (χ4n) is 9.28. The molecule has 0 saturated heterocycles. The number of ketones is 1. The third-order valence-electron chi connectivity index (χ3n) is 11.1. The maximum absolute atomic E-state index is 12.7. The highest BCUT2D eigenvalue weighted by Gasteiger charge is 2.61. The maximum atomic E-state index is 12.7. The van der Waals surface area contributed by atoms with Crippen molar-refractivity contribution in [2.24, 2.45) is 51.8 Å². The lowest BCUT2D eigenvalue weighted by Crippen LogP contribution is -2.53. The van der Waals surface area contributed by atoms with Gasteiger partial charge in [0.2, 0.25) is 0 Å². The molecule has 4 aliphatic carbocycles. The standard InChI is InChI=1S/C29H48O2/c1-19(18-30)8-7-9-20(2)22-11-12-23-21-10-13-25-27(3,4)26(31)15-17-29(25,6)24(21)14-16-28(22,23)5/h13,19-24,30H,7-12,14-18H2,1-6H3/t19?,20-,21-,22+,23-,24-,28+,29+/m0/s1. The predicted molar refractivity (Wildman–Crippen MR) is 129 cm³/mol. The molecule has 31 heavy (non-hydrogen) atoms. The number of aliphatic hydroxyl groups is 1. The summed E-state index contributed by atoms with van der Waals surface area (Å²) in [5.74, 6) is 5.04. The third-order valence-corrected chi connectivity index (χ3v) is 11.1. The lowest BCUT2D eigenvalue weighted by atomic mass is 9.44. The van der Waals surface area contributed by atoms with E-state index in [1.165, 1.54) is 56.9 Å². The Morgan fingerprint density at radius 3 is 2.48 bits per heavy atom. The average molecular weight is 429 g/mol. The lowest BCUT2D eigenvalue weighted by molar-refractivity contribution is -0.132. The highest BCUT2D eigenvalue weighted by atomic mass is 16.3. The van der Waals surface area contributed by atoms with Gasteiger partial charge in [-0.15, -0.1) is 0 Å². The topological polar surface area (TPSA) is 37.3 Å². The van der Waals surface area contributed by atoms with Gasteiger partial charge in [-0.3, -0.25) is 4.79 Å². The van der Waals surface area contributed by atoms with Crippen molar-refractivity contribution < 1.29 is 9.90 Å². The van der Waals surface area contributed by atoms with E-state index in [2.05, 4.69) is 47.6 Å². The van der Waals surface area contributed by atoms with Crippen LogP contribution in [0.2, 0.25) is 0 Å². The number of aliphatic hydroxyl groups excluding tert-OH is 1. The van der Waals surface area contributed by atoms with Gasteiger partial charge >= 0.3 is 0 Å². The van der Waals surface area contributed by atoms with E-state index < -0.39 is 0 Å². The molecule has 0 aromatic rings. The Bertz CT molecular complexity index is 720. The minimum atomic E-state index is -0.253. The van der Waals surface area contributed by atoms with E-state index in [0.717, 1.165) is 42.4 Å². The van der Waals surface area contributed by atoms with Gasteiger partial charge < -0.3 is 5.11 Å². The van der Waals surface area contributed by atoms with Crippen LogP contribution < -0.4 is 0 Å². The average Bonchev–Trinajstić information content (AvgIpc) is 3.08. The Morgan fingerprint density at radius 2 is 1.77 bits per heavy atom. The van der Waals surface area contributed by atoms with Crippen LogP contribution in [-0.2, 0) is 4.79 Å². The number of hydrogen-bond acceptors (Lipinski definition) is 2. The minimum absolute atomic E-state index is 0.242. The molecule has 0 radical (unpaired) electrons. The van der Waals surface area contributed by atoms with Crippen LogP contribution >= 0.6 is 0 Å². The molecular weight excluding hydrogens is 380 g/mol. The third kappa shape index (κ3) is 3.68. The predicted octanol–water partition coefficient (Wildman–Crippen LogP) is 7.21. The van der Waals surface area contributed by atoms with Crippen molar-refractivity contribution in [3.8, 4) is 0 Å². The van der Waals surface area contributed by atoms with Gasteiger partial charge in [0.25, 0.3) is 0 Å². The Balaban J connectivity index is 1.51. The van der Waals surface area contributed by atoms with Crippen molar-refractivity contribution in [3.63, 3.8) is 0 Å². The Hall–Kier alpha value is -0.630. The first-order valence-corrected chi connectivity index (χ1v) is 13.4. The Kier molecular flexibility index (Phi) is 6.30. The number of allylic oxidation sites excluding steroid dienone is 2. The highest BCUT2D eigenvalue weighted by Crippen LogP contribution is 2.68. The van der Waals surface area contributed by atoms with Crippen LogP contribution in [0.1, 0.15) is 106 Å². The number of fused-ring (bicyclic) bond motifs is 5. The van der Waals surface area contributed by atoms with Crippen molar-refractivity contribution in [1.82, 2.24) is 0 Å². The van der Waals surface area contributed by atoms with Gasteiger partial charge in [-0.2, -0.15) is 0 Å². The SMILES string of the molecule is CC(CO)CCC[C@H](C)[C@H]1CC[C@H]2[C@@H]3CC=C4C(C)(C)C(=O)CC[C@]4(C)[C@H]3CC[C@]12C. The molecule has 1 N–H and O–H groups in total. The summed E-state index contributed by atoms with van der Waals surface area (Å²) in [6.07, 6.45) is 14.9. The van der Waals surface area contributed by atoms with Gasteiger partial charge in [-0.25, -0.2) is 0 Å². The van der Waals surface area contributed by atoms with E-state index in [1.54, 1.807) is 0 Å². The van der Waals surface area contributed by atoms with E-state index >= 15 is 0 Å². The van der Waals surface area contributed by atoms with Crippen LogP contribution in [0.25, 0.3) is 0 Å². The lowest BCUT2D eigenvalue weighted by Gasteiger charge is -2.60. The van der Waals surface area contributed by atoms with Gasteiger partial charge in [0.1, 0.15) is 5.78 Å². The van der Waals surface area contributed by atoms with E-state index in [1.807, 2.05) is 0 Å². The van der Waals surface area contributed by atoms with Crippen LogP contribution in [0, 0.1) is 51.8 Å². The molecule has 0 amide bonds. The van der Waals surface area contributed by atoms with Crippen LogP contribution in [0.15, 0.2) is 11.6 Å². The summed E-state index contributed by atoms with van der Waals surface area (Å²) < 4.78 is 0. The van der Waals surface area contributed by atoms with Gasteiger partial charge in [-0.05, 0) is 105 Å². The Morgan fingerprint density at radius 1 is 1.03 bits per heavy atom. The fourth-order valence-corrected chi connectivity index (χ4v) is 9.28. The van der Waals surface area contributed by atoms with Crippen LogP contribution in [0.5, 0.6) is 0 Å².